The fourth-order valence-electron chi connectivity index (χ4n) is 2.98. The molecule has 0 unspecified atom stereocenters. The molecule has 122 valence electrons. The van der Waals surface area contributed by atoms with Crippen LogP contribution in [0.1, 0.15) is 41.9 Å². The molecule has 0 spiro atoms. The normalized spacial score (nSPS) is 15.9. The molecule has 0 saturated carbocycles. The fraction of sp³-hybridized carbons (Fsp3) is 0.438. The summed E-state index contributed by atoms with van der Waals surface area (Å²) in [5.41, 5.74) is 0.180. The van der Waals surface area contributed by atoms with Crippen LogP contribution in [0.25, 0.3) is 0 Å². The highest BCUT2D eigenvalue weighted by Crippen LogP contribution is 2.27. The van der Waals surface area contributed by atoms with E-state index in [4.69, 9.17) is 0 Å². The van der Waals surface area contributed by atoms with Crippen LogP contribution in [0.5, 0.6) is 0 Å². The summed E-state index contributed by atoms with van der Waals surface area (Å²) in [6.45, 7) is 3.99. The van der Waals surface area contributed by atoms with Crippen molar-refractivity contribution in [3.8, 4) is 0 Å². The summed E-state index contributed by atoms with van der Waals surface area (Å²) < 4.78 is 28.3. The van der Waals surface area contributed by atoms with Gasteiger partial charge in [-0.05, 0) is 38.0 Å². The summed E-state index contributed by atoms with van der Waals surface area (Å²) in [7, 11) is 0. The third-order valence-corrected chi connectivity index (χ3v) is 4.30. The number of likely N-dealkylation sites (tertiary alicyclic amines) is 1. The van der Waals surface area contributed by atoms with Crippen LogP contribution in [-0.4, -0.2) is 38.7 Å². The number of nitrogens with zero attached hydrogens (tertiary/aromatic N) is 4. The van der Waals surface area contributed by atoms with Crippen molar-refractivity contribution < 1.29 is 13.6 Å². The zero-order valence-electron chi connectivity index (χ0n) is 12.9. The van der Waals surface area contributed by atoms with Crippen LogP contribution >= 0.6 is 0 Å². The maximum atomic E-state index is 13.3. The predicted octanol–water partition coefficient (Wildman–Crippen LogP) is 2.60. The second kappa shape index (κ2) is 6.44. The van der Waals surface area contributed by atoms with Crippen molar-refractivity contribution in [3.63, 3.8) is 0 Å². The van der Waals surface area contributed by atoms with Crippen molar-refractivity contribution in [2.75, 3.05) is 13.1 Å². The maximum absolute atomic E-state index is 13.3. The number of halogens is 2. The Hall–Kier alpha value is -2.31. The van der Waals surface area contributed by atoms with Gasteiger partial charge in [0.25, 0.3) is 5.91 Å². The van der Waals surface area contributed by atoms with Crippen molar-refractivity contribution in [1.29, 1.82) is 0 Å². The first kappa shape index (κ1) is 15.6. The monoisotopic (exact) mass is 320 g/mol. The number of aryl methyl sites for hydroxylation is 1. The summed E-state index contributed by atoms with van der Waals surface area (Å²) in [5, 5.41) is 8.12. The Bertz CT molecular complexity index is 708. The van der Waals surface area contributed by atoms with Gasteiger partial charge in [-0.15, -0.1) is 10.2 Å². The number of hydrogen-bond acceptors (Lipinski definition) is 3. The van der Waals surface area contributed by atoms with E-state index < -0.39 is 11.6 Å². The molecule has 7 heteroatoms. The van der Waals surface area contributed by atoms with E-state index in [2.05, 4.69) is 10.2 Å². The summed E-state index contributed by atoms with van der Waals surface area (Å²) in [5.74, 6) is -0.987. The first-order valence-corrected chi connectivity index (χ1v) is 7.72. The Balaban J connectivity index is 1.66. The van der Waals surface area contributed by atoms with E-state index in [1.54, 1.807) is 11.2 Å². The molecule has 0 radical (unpaired) electrons. The molecule has 1 aliphatic rings. The molecule has 5 nitrogen and oxygen atoms in total. The topological polar surface area (TPSA) is 51.0 Å². The van der Waals surface area contributed by atoms with Gasteiger partial charge in [0.05, 0.1) is 0 Å². The first-order valence-electron chi connectivity index (χ1n) is 7.72. The lowest BCUT2D eigenvalue weighted by molar-refractivity contribution is 0.0709. The fourth-order valence-corrected chi connectivity index (χ4v) is 2.98. The van der Waals surface area contributed by atoms with E-state index in [0.717, 1.165) is 37.3 Å². The molecule has 2 heterocycles. The largest absolute Gasteiger partial charge is 0.339 e. The van der Waals surface area contributed by atoms with Gasteiger partial charge < -0.3 is 9.47 Å². The van der Waals surface area contributed by atoms with Gasteiger partial charge >= 0.3 is 0 Å². The average molecular weight is 320 g/mol. The third-order valence-electron chi connectivity index (χ3n) is 4.30. The van der Waals surface area contributed by atoms with Crippen LogP contribution in [0.15, 0.2) is 24.5 Å². The molecule has 23 heavy (non-hydrogen) atoms. The van der Waals surface area contributed by atoms with Gasteiger partial charge in [0, 0.05) is 31.1 Å². The number of piperidine rings is 1. The van der Waals surface area contributed by atoms with Crippen LogP contribution in [0.4, 0.5) is 8.78 Å². The molecule has 0 aliphatic carbocycles. The van der Waals surface area contributed by atoms with Gasteiger partial charge in [-0.2, -0.15) is 0 Å². The lowest BCUT2D eigenvalue weighted by Crippen LogP contribution is -2.38. The SMILES string of the molecule is CCn1cnnc1C1CCN(C(=O)c2ccc(F)c(F)c2)CC1. The van der Waals surface area contributed by atoms with Crippen molar-refractivity contribution in [2.24, 2.45) is 0 Å². The van der Waals surface area contributed by atoms with Crippen molar-refractivity contribution >= 4 is 5.91 Å². The number of benzene rings is 1. The summed E-state index contributed by atoms with van der Waals surface area (Å²) in [6.07, 6.45) is 3.29. The lowest BCUT2D eigenvalue weighted by Gasteiger charge is -2.31. The smallest absolute Gasteiger partial charge is 0.253 e. The van der Waals surface area contributed by atoms with Gasteiger partial charge in [-0.25, -0.2) is 8.78 Å². The molecule has 1 aliphatic heterocycles. The lowest BCUT2D eigenvalue weighted by atomic mass is 9.95. The highest BCUT2D eigenvalue weighted by molar-refractivity contribution is 5.94. The molecule has 0 atom stereocenters. The van der Waals surface area contributed by atoms with E-state index in [0.29, 0.717) is 13.1 Å². The van der Waals surface area contributed by atoms with Crippen LogP contribution < -0.4 is 0 Å². The van der Waals surface area contributed by atoms with Gasteiger partial charge in [0.15, 0.2) is 11.6 Å². The van der Waals surface area contributed by atoms with Gasteiger partial charge in [-0.3, -0.25) is 4.79 Å². The van der Waals surface area contributed by atoms with Crippen LogP contribution in [0, 0.1) is 11.6 Å². The van der Waals surface area contributed by atoms with E-state index in [9.17, 15) is 13.6 Å². The van der Waals surface area contributed by atoms with Crippen molar-refractivity contribution in [2.45, 2.75) is 32.2 Å². The predicted molar refractivity (Wildman–Crippen MR) is 79.9 cm³/mol. The third kappa shape index (κ3) is 3.09. The highest BCUT2D eigenvalue weighted by atomic mass is 19.2. The molecule has 0 bridgehead atoms. The van der Waals surface area contributed by atoms with Gasteiger partial charge in [0.1, 0.15) is 12.2 Å². The zero-order valence-corrected chi connectivity index (χ0v) is 12.9. The van der Waals surface area contributed by atoms with E-state index in [-0.39, 0.29) is 17.4 Å². The van der Waals surface area contributed by atoms with Crippen LogP contribution in [-0.2, 0) is 6.54 Å². The van der Waals surface area contributed by atoms with Gasteiger partial charge in [-0.1, -0.05) is 0 Å². The van der Waals surface area contributed by atoms with Gasteiger partial charge in [0.2, 0.25) is 0 Å². The number of carbonyl (C=O) groups is 1. The highest BCUT2D eigenvalue weighted by Gasteiger charge is 2.27. The number of rotatable bonds is 3. The molecular weight excluding hydrogens is 302 g/mol. The minimum absolute atomic E-state index is 0.180. The van der Waals surface area contributed by atoms with E-state index in [1.165, 1.54) is 6.07 Å². The molecule has 1 aromatic carbocycles. The Kier molecular flexibility index (Phi) is 4.36. The Morgan fingerprint density at radius 1 is 1.26 bits per heavy atom. The average Bonchev–Trinajstić information content (AvgIpc) is 3.05. The number of aromatic nitrogens is 3. The van der Waals surface area contributed by atoms with Crippen LogP contribution in [0.2, 0.25) is 0 Å². The quantitative estimate of drug-likeness (QED) is 0.873. The molecule has 1 fully saturated rings. The first-order chi connectivity index (χ1) is 11.1. The summed E-state index contributed by atoms with van der Waals surface area (Å²) in [6, 6.07) is 3.26. The van der Waals surface area contributed by atoms with Crippen molar-refractivity contribution in [1.82, 2.24) is 19.7 Å². The number of amides is 1. The summed E-state index contributed by atoms with van der Waals surface area (Å²) >= 11 is 0. The second-order valence-corrected chi connectivity index (χ2v) is 5.67. The minimum atomic E-state index is -0.998. The van der Waals surface area contributed by atoms with E-state index in [1.807, 2.05) is 11.5 Å². The Morgan fingerprint density at radius 3 is 2.65 bits per heavy atom. The minimum Gasteiger partial charge on any atom is -0.339 e. The molecule has 1 amide bonds. The number of hydrogen-bond donors (Lipinski definition) is 0. The molecule has 0 N–H and O–H groups in total. The molecular formula is C16H18F2N4O. The molecule has 1 aromatic heterocycles. The molecule has 1 saturated heterocycles. The van der Waals surface area contributed by atoms with Crippen molar-refractivity contribution in [3.05, 3.63) is 47.5 Å². The molecule has 2 aromatic rings. The van der Waals surface area contributed by atoms with E-state index >= 15 is 0 Å². The standard InChI is InChI=1S/C16H18F2N4O/c1-2-21-10-19-20-15(21)11-5-7-22(8-6-11)16(23)12-3-4-13(17)14(18)9-12/h3-4,9-11H,2,5-8H2,1H3. The number of carbonyl (C=O) groups excluding carboxylic acids is 1. The molecule has 3 rings (SSSR count). The Labute approximate surface area is 132 Å². The Morgan fingerprint density at radius 2 is 2.00 bits per heavy atom. The maximum Gasteiger partial charge on any atom is 0.253 e. The van der Waals surface area contributed by atoms with Crippen LogP contribution in [0.3, 0.4) is 0 Å². The zero-order chi connectivity index (χ0) is 16.4. The summed E-state index contributed by atoms with van der Waals surface area (Å²) in [4.78, 5) is 14.1. The second-order valence-electron chi connectivity index (χ2n) is 5.67.